The second-order valence-corrected chi connectivity index (χ2v) is 8.02. The summed E-state index contributed by atoms with van der Waals surface area (Å²) >= 11 is 1.42. The molecule has 0 saturated heterocycles. The minimum atomic E-state index is -0.180. The number of thiazole rings is 1. The normalized spacial score (nSPS) is 10.6. The van der Waals surface area contributed by atoms with E-state index in [1.54, 1.807) is 12.1 Å². The van der Waals surface area contributed by atoms with Gasteiger partial charge < -0.3 is 4.74 Å². The maximum atomic E-state index is 12.5. The number of nitrogens with zero attached hydrogens (tertiary/aromatic N) is 1. The Bertz CT molecular complexity index is 1120. The smallest absolute Gasteiger partial charge is 0.257 e. The SMILES string of the molecule is CCCCOc1ccc(C(=O)Nc2nc(-c3ccc(-c4ccccc4)cc3)cs2)cc1. The van der Waals surface area contributed by atoms with Gasteiger partial charge in [-0.1, -0.05) is 67.9 Å². The molecule has 0 bridgehead atoms. The molecule has 156 valence electrons. The quantitative estimate of drug-likeness (QED) is 0.310. The van der Waals surface area contributed by atoms with Gasteiger partial charge in [-0.25, -0.2) is 4.98 Å². The summed E-state index contributed by atoms with van der Waals surface area (Å²) in [6.45, 7) is 2.82. The molecule has 0 atom stereocenters. The molecule has 0 aliphatic heterocycles. The first-order valence-corrected chi connectivity index (χ1v) is 11.3. The van der Waals surface area contributed by atoms with Crippen molar-refractivity contribution in [2.24, 2.45) is 0 Å². The second-order valence-electron chi connectivity index (χ2n) is 7.16. The number of anilines is 1. The number of nitrogens with one attached hydrogen (secondary N) is 1. The molecule has 3 aromatic carbocycles. The zero-order valence-corrected chi connectivity index (χ0v) is 18.2. The van der Waals surface area contributed by atoms with Gasteiger partial charge in [-0.3, -0.25) is 10.1 Å². The van der Waals surface area contributed by atoms with Crippen LogP contribution in [0.5, 0.6) is 5.75 Å². The van der Waals surface area contributed by atoms with Crippen LogP contribution in [0.2, 0.25) is 0 Å². The molecule has 0 aliphatic carbocycles. The van der Waals surface area contributed by atoms with Crippen molar-refractivity contribution in [2.45, 2.75) is 19.8 Å². The predicted molar refractivity (Wildman–Crippen MR) is 128 cm³/mol. The van der Waals surface area contributed by atoms with Gasteiger partial charge in [0, 0.05) is 16.5 Å². The molecule has 1 aromatic heterocycles. The number of hydrogen-bond acceptors (Lipinski definition) is 4. The van der Waals surface area contributed by atoms with Crippen LogP contribution in [-0.2, 0) is 0 Å². The van der Waals surface area contributed by atoms with Gasteiger partial charge in [-0.2, -0.15) is 0 Å². The Balaban J connectivity index is 1.39. The topological polar surface area (TPSA) is 51.2 Å². The number of carbonyl (C=O) groups is 1. The largest absolute Gasteiger partial charge is 0.494 e. The van der Waals surface area contributed by atoms with Gasteiger partial charge >= 0.3 is 0 Å². The lowest BCUT2D eigenvalue weighted by molar-refractivity contribution is 0.102. The first-order chi connectivity index (χ1) is 15.2. The lowest BCUT2D eigenvalue weighted by atomic mass is 10.0. The maximum Gasteiger partial charge on any atom is 0.257 e. The fraction of sp³-hybridized carbons (Fsp3) is 0.154. The van der Waals surface area contributed by atoms with Crippen LogP contribution in [-0.4, -0.2) is 17.5 Å². The molecular weight excluding hydrogens is 404 g/mol. The second kappa shape index (κ2) is 10.0. The summed E-state index contributed by atoms with van der Waals surface area (Å²) in [6, 6.07) is 25.7. The van der Waals surface area contributed by atoms with Crippen molar-refractivity contribution in [1.82, 2.24) is 4.98 Å². The average molecular weight is 429 g/mol. The number of hydrogen-bond donors (Lipinski definition) is 1. The number of benzene rings is 3. The van der Waals surface area contributed by atoms with Crippen LogP contribution in [0, 0.1) is 0 Å². The van der Waals surface area contributed by atoms with Crippen LogP contribution in [0.3, 0.4) is 0 Å². The van der Waals surface area contributed by atoms with Crippen LogP contribution in [0.4, 0.5) is 5.13 Å². The number of ether oxygens (including phenoxy) is 1. The fourth-order valence-electron chi connectivity index (χ4n) is 3.13. The highest BCUT2D eigenvalue weighted by Crippen LogP contribution is 2.28. The van der Waals surface area contributed by atoms with Crippen molar-refractivity contribution in [3.63, 3.8) is 0 Å². The number of carbonyl (C=O) groups excluding carboxylic acids is 1. The monoisotopic (exact) mass is 428 g/mol. The number of unbranched alkanes of at least 4 members (excludes halogenated alkanes) is 1. The molecule has 0 unspecified atom stereocenters. The highest BCUT2D eigenvalue weighted by molar-refractivity contribution is 7.14. The third-order valence-electron chi connectivity index (χ3n) is 4.90. The van der Waals surface area contributed by atoms with E-state index in [0.29, 0.717) is 17.3 Å². The van der Waals surface area contributed by atoms with E-state index in [9.17, 15) is 4.79 Å². The maximum absolute atomic E-state index is 12.5. The van der Waals surface area contributed by atoms with Crippen molar-refractivity contribution in [3.8, 4) is 28.1 Å². The summed E-state index contributed by atoms with van der Waals surface area (Å²) in [6.07, 6.45) is 2.11. The van der Waals surface area contributed by atoms with Crippen molar-refractivity contribution in [1.29, 1.82) is 0 Å². The van der Waals surface area contributed by atoms with Crippen LogP contribution in [0.15, 0.2) is 84.2 Å². The Morgan fingerprint density at radius 3 is 2.29 bits per heavy atom. The lowest BCUT2D eigenvalue weighted by Crippen LogP contribution is -2.11. The summed E-state index contributed by atoms with van der Waals surface area (Å²) in [5.41, 5.74) is 4.79. The van der Waals surface area contributed by atoms with Gasteiger partial charge in [-0.05, 0) is 41.8 Å². The number of aromatic nitrogens is 1. The van der Waals surface area contributed by atoms with Crippen molar-refractivity contribution in [2.75, 3.05) is 11.9 Å². The molecule has 5 heteroatoms. The summed E-state index contributed by atoms with van der Waals surface area (Å²) < 4.78 is 5.65. The molecule has 4 nitrogen and oxygen atoms in total. The average Bonchev–Trinajstić information content (AvgIpc) is 3.29. The van der Waals surface area contributed by atoms with Gasteiger partial charge in [0.2, 0.25) is 0 Å². The zero-order valence-electron chi connectivity index (χ0n) is 17.4. The molecule has 31 heavy (non-hydrogen) atoms. The lowest BCUT2D eigenvalue weighted by Gasteiger charge is -2.06. The van der Waals surface area contributed by atoms with E-state index in [2.05, 4.69) is 53.6 Å². The minimum Gasteiger partial charge on any atom is -0.494 e. The Morgan fingerprint density at radius 2 is 1.58 bits per heavy atom. The van der Waals surface area contributed by atoms with Crippen molar-refractivity contribution < 1.29 is 9.53 Å². The van der Waals surface area contributed by atoms with Crippen LogP contribution >= 0.6 is 11.3 Å². The first-order valence-electron chi connectivity index (χ1n) is 10.4. The molecule has 0 fully saturated rings. The summed E-state index contributed by atoms with van der Waals surface area (Å²) in [7, 11) is 0. The molecule has 0 saturated carbocycles. The molecule has 0 aliphatic rings. The highest BCUT2D eigenvalue weighted by Gasteiger charge is 2.10. The standard InChI is InChI=1S/C26H24N2O2S/c1-2-3-17-30-23-15-13-22(14-16-23)25(29)28-26-27-24(18-31-26)21-11-9-20(10-12-21)19-7-5-4-6-8-19/h4-16,18H,2-3,17H2,1H3,(H,27,28,29). The molecule has 0 spiro atoms. The molecular formula is C26H24N2O2S. The van der Waals surface area contributed by atoms with E-state index in [0.717, 1.165) is 35.4 Å². The predicted octanol–water partition coefficient (Wildman–Crippen LogP) is 6.91. The Kier molecular flexibility index (Phi) is 6.75. The van der Waals surface area contributed by atoms with E-state index in [4.69, 9.17) is 4.74 Å². The molecule has 4 rings (SSSR count). The Labute approximate surface area is 186 Å². The molecule has 0 radical (unpaired) electrons. The van der Waals surface area contributed by atoms with Gasteiger partial charge in [0.25, 0.3) is 5.91 Å². The summed E-state index contributed by atoms with van der Waals surface area (Å²) in [4.78, 5) is 17.1. The Hall–Kier alpha value is -3.44. The molecule has 1 N–H and O–H groups in total. The molecule has 4 aromatic rings. The van der Waals surface area contributed by atoms with Gasteiger partial charge in [0.15, 0.2) is 5.13 Å². The first kappa shape index (κ1) is 20.8. The van der Waals surface area contributed by atoms with Gasteiger partial charge in [-0.15, -0.1) is 11.3 Å². The summed E-state index contributed by atoms with van der Waals surface area (Å²) in [5.74, 6) is 0.598. The van der Waals surface area contributed by atoms with E-state index < -0.39 is 0 Å². The van der Waals surface area contributed by atoms with Gasteiger partial charge in [0.1, 0.15) is 5.75 Å². The minimum absolute atomic E-state index is 0.180. The van der Waals surface area contributed by atoms with E-state index in [1.807, 2.05) is 35.7 Å². The fourth-order valence-corrected chi connectivity index (χ4v) is 3.85. The van der Waals surface area contributed by atoms with Crippen molar-refractivity contribution in [3.05, 3.63) is 89.8 Å². The number of amides is 1. The van der Waals surface area contributed by atoms with Crippen LogP contribution < -0.4 is 10.1 Å². The molecule has 1 amide bonds. The third kappa shape index (κ3) is 5.38. The van der Waals surface area contributed by atoms with Crippen LogP contribution in [0.25, 0.3) is 22.4 Å². The van der Waals surface area contributed by atoms with E-state index in [-0.39, 0.29) is 5.91 Å². The summed E-state index contributed by atoms with van der Waals surface area (Å²) in [5, 5.41) is 5.42. The number of rotatable bonds is 8. The highest BCUT2D eigenvalue weighted by atomic mass is 32.1. The Morgan fingerprint density at radius 1 is 0.903 bits per heavy atom. The van der Waals surface area contributed by atoms with E-state index >= 15 is 0 Å². The van der Waals surface area contributed by atoms with Gasteiger partial charge in [0.05, 0.1) is 12.3 Å². The van der Waals surface area contributed by atoms with Crippen LogP contribution in [0.1, 0.15) is 30.1 Å². The van der Waals surface area contributed by atoms with E-state index in [1.165, 1.54) is 16.9 Å². The molecule has 1 heterocycles. The third-order valence-corrected chi connectivity index (χ3v) is 5.65. The zero-order chi connectivity index (χ0) is 21.5. The van der Waals surface area contributed by atoms with Crippen molar-refractivity contribution >= 4 is 22.4 Å².